The van der Waals surface area contributed by atoms with Gasteiger partial charge in [-0.1, -0.05) is 48.5 Å². The van der Waals surface area contributed by atoms with E-state index in [4.69, 9.17) is 9.97 Å². The summed E-state index contributed by atoms with van der Waals surface area (Å²) < 4.78 is 27.2. The predicted octanol–water partition coefficient (Wildman–Crippen LogP) is 4.48. The first-order valence-electron chi connectivity index (χ1n) is 10.4. The average molecular weight is 463 g/mol. The van der Waals surface area contributed by atoms with Crippen LogP contribution in [0.15, 0.2) is 77.5 Å². The zero-order valence-corrected chi connectivity index (χ0v) is 19.0. The van der Waals surface area contributed by atoms with Gasteiger partial charge >= 0.3 is 0 Å². The number of rotatable bonds is 5. The molecule has 3 heterocycles. The zero-order chi connectivity index (χ0) is 22.0. The highest BCUT2D eigenvalue weighted by atomic mass is 32.2. The summed E-state index contributed by atoms with van der Waals surface area (Å²) in [5, 5.41) is 4.29. The van der Waals surface area contributed by atoms with Gasteiger partial charge in [0.1, 0.15) is 5.82 Å². The standard InChI is InChI=1S/C24H22N4O2S2/c29-32(30,18-12-19-7-2-1-3-8-19)28-15-13-27(14-16-28)24-20-9-4-5-10-21(20)25-23(26-24)22-11-6-17-31-22/h1-12,17-18H,13-16H2/b18-12+. The van der Waals surface area contributed by atoms with E-state index in [1.54, 1.807) is 17.4 Å². The number of hydrogen-bond donors (Lipinski definition) is 0. The van der Waals surface area contributed by atoms with E-state index in [0.29, 0.717) is 32.0 Å². The van der Waals surface area contributed by atoms with Crippen LogP contribution in [-0.4, -0.2) is 48.9 Å². The van der Waals surface area contributed by atoms with Crippen LogP contribution in [0.2, 0.25) is 0 Å². The van der Waals surface area contributed by atoms with Gasteiger partial charge in [0.25, 0.3) is 0 Å². The normalized spacial score (nSPS) is 15.6. The minimum Gasteiger partial charge on any atom is -0.353 e. The number of aromatic nitrogens is 2. The molecule has 0 aliphatic carbocycles. The molecular weight excluding hydrogens is 440 g/mol. The maximum absolute atomic E-state index is 12.8. The van der Waals surface area contributed by atoms with Gasteiger partial charge in [-0.05, 0) is 35.2 Å². The number of fused-ring (bicyclic) bond motifs is 1. The second-order valence-corrected chi connectivity index (χ2v) is 10.3. The van der Waals surface area contributed by atoms with Crippen molar-refractivity contribution in [3.63, 3.8) is 0 Å². The van der Waals surface area contributed by atoms with Gasteiger partial charge in [0, 0.05) is 37.0 Å². The first kappa shape index (κ1) is 20.8. The summed E-state index contributed by atoms with van der Waals surface area (Å²) in [6.07, 6.45) is 1.65. The lowest BCUT2D eigenvalue weighted by Crippen LogP contribution is -2.48. The molecule has 0 N–H and O–H groups in total. The molecule has 1 aliphatic rings. The Bertz CT molecular complexity index is 1350. The molecule has 1 saturated heterocycles. The Kier molecular flexibility index (Phi) is 5.73. The third kappa shape index (κ3) is 4.29. The Morgan fingerprint density at radius 2 is 1.59 bits per heavy atom. The van der Waals surface area contributed by atoms with Crippen LogP contribution in [0.3, 0.4) is 0 Å². The van der Waals surface area contributed by atoms with Gasteiger partial charge in [0.05, 0.1) is 10.4 Å². The molecule has 32 heavy (non-hydrogen) atoms. The predicted molar refractivity (Wildman–Crippen MR) is 131 cm³/mol. The summed E-state index contributed by atoms with van der Waals surface area (Å²) in [7, 11) is -3.48. The molecule has 0 bridgehead atoms. The van der Waals surface area contributed by atoms with Gasteiger partial charge in [-0.3, -0.25) is 0 Å². The van der Waals surface area contributed by atoms with Gasteiger partial charge < -0.3 is 4.90 Å². The monoisotopic (exact) mass is 462 g/mol. The SMILES string of the molecule is O=S(=O)(/C=C/c1ccccc1)N1CCN(c2nc(-c3cccs3)nc3ccccc23)CC1. The molecule has 1 fully saturated rings. The second kappa shape index (κ2) is 8.82. The van der Waals surface area contributed by atoms with Crippen molar-refractivity contribution < 1.29 is 8.42 Å². The number of anilines is 1. The van der Waals surface area contributed by atoms with E-state index >= 15 is 0 Å². The van der Waals surface area contributed by atoms with Crippen molar-refractivity contribution in [2.45, 2.75) is 0 Å². The van der Waals surface area contributed by atoms with Crippen LogP contribution in [0.25, 0.3) is 27.7 Å². The lowest BCUT2D eigenvalue weighted by Gasteiger charge is -2.34. The van der Waals surface area contributed by atoms with E-state index in [1.165, 1.54) is 9.71 Å². The number of thiophene rings is 1. The Labute approximate surface area is 191 Å². The molecule has 2 aromatic heterocycles. The lowest BCUT2D eigenvalue weighted by atomic mass is 10.2. The van der Waals surface area contributed by atoms with Crippen LogP contribution < -0.4 is 4.90 Å². The number of hydrogen-bond acceptors (Lipinski definition) is 6. The van der Waals surface area contributed by atoms with Crippen molar-refractivity contribution in [3.8, 4) is 10.7 Å². The van der Waals surface area contributed by atoms with Crippen molar-refractivity contribution in [3.05, 3.63) is 83.1 Å². The van der Waals surface area contributed by atoms with E-state index in [1.807, 2.05) is 72.1 Å². The van der Waals surface area contributed by atoms with E-state index in [-0.39, 0.29) is 0 Å². The molecule has 162 valence electrons. The third-order valence-corrected chi connectivity index (χ3v) is 7.89. The van der Waals surface area contributed by atoms with Gasteiger partial charge in [0.2, 0.25) is 10.0 Å². The zero-order valence-electron chi connectivity index (χ0n) is 17.3. The van der Waals surface area contributed by atoms with Crippen LogP contribution >= 0.6 is 11.3 Å². The number of sulfonamides is 1. The van der Waals surface area contributed by atoms with E-state index in [9.17, 15) is 8.42 Å². The topological polar surface area (TPSA) is 66.4 Å². The molecule has 0 spiro atoms. The highest BCUT2D eigenvalue weighted by Gasteiger charge is 2.27. The molecule has 0 atom stereocenters. The Balaban J connectivity index is 1.38. The number of piperazine rings is 1. The molecule has 4 aromatic rings. The summed E-state index contributed by atoms with van der Waals surface area (Å²) in [5.74, 6) is 1.56. The fourth-order valence-corrected chi connectivity index (χ4v) is 5.62. The second-order valence-electron chi connectivity index (χ2n) is 7.51. The van der Waals surface area contributed by atoms with Crippen LogP contribution in [-0.2, 0) is 10.0 Å². The van der Waals surface area contributed by atoms with Crippen LogP contribution in [0, 0.1) is 0 Å². The highest BCUT2D eigenvalue weighted by molar-refractivity contribution is 7.92. The van der Waals surface area contributed by atoms with E-state index < -0.39 is 10.0 Å². The summed E-state index contributed by atoms with van der Waals surface area (Å²) in [5.41, 5.74) is 1.75. The summed E-state index contributed by atoms with van der Waals surface area (Å²) in [6.45, 7) is 1.97. The van der Waals surface area contributed by atoms with Gasteiger partial charge in [-0.25, -0.2) is 18.4 Å². The largest absolute Gasteiger partial charge is 0.353 e. The van der Waals surface area contributed by atoms with Crippen molar-refractivity contribution in [1.82, 2.24) is 14.3 Å². The van der Waals surface area contributed by atoms with Gasteiger partial charge in [0.15, 0.2) is 5.82 Å². The van der Waals surface area contributed by atoms with Crippen LogP contribution in [0.4, 0.5) is 5.82 Å². The molecule has 0 saturated carbocycles. The van der Waals surface area contributed by atoms with Gasteiger partial charge in [-0.15, -0.1) is 11.3 Å². The average Bonchev–Trinajstić information content (AvgIpc) is 3.38. The quantitative estimate of drug-likeness (QED) is 0.437. The van der Waals surface area contributed by atoms with Crippen molar-refractivity contribution in [2.24, 2.45) is 0 Å². The van der Waals surface area contributed by atoms with Crippen LogP contribution in [0.1, 0.15) is 5.56 Å². The Hall–Kier alpha value is -3.07. The van der Waals surface area contributed by atoms with Gasteiger partial charge in [-0.2, -0.15) is 4.31 Å². The molecule has 0 unspecified atom stereocenters. The third-order valence-electron chi connectivity index (χ3n) is 5.45. The Morgan fingerprint density at radius 1 is 0.844 bits per heavy atom. The Morgan fingerprint density at radius 3 is 2.34 bits per heavy atom. The summed E-state index contributed by atoms with van der Waals surface area (Å²) in [4.78, 5) is 12.8. The molecule has 2 aromatic carbocycles. The molecule has 6 nitrogen and oxygen atoms in total. The minimum absolute atomic E-state index is 0.411. The first-order valence-corrected chi connectivity index (χ1v) is 12.8. The van der Waals surface area contributed by atoms with Crippen molar-refractivity contribution in [1.29, 1.82) is 0 Å². The van der Waals surface area contributed by atoms with Crippen LogP contribution in [0.5, 0.6) is 0 Å². The summed E-state index contributed by atoms with van der Waals surface area (Å²) in [6, 6.07) is 21.4. The minimum atomic E-state index is -3.48. The molecule has 5 rings (SSSR count). The lowest BCUT2D eigenvalue weighted by molar-refractivity contribution is 0.389. The van der Waals surface area contributed by atoms with E-state index in [0.717, 1.165) is 27.2 Å². The molecule has 0 radical (unpaired) electrons. The number of benzene rings is 2. The maximum atomic E-state index is 12.8. The first-order chi connectivity index (χ1) is 15.6. The fourth-order valence-electron chi connectivity index (χ4n) is 3.79. The number of para-hydroxylation sites is 1. The summed E-state index contributed by atoms with van der Waals surface area (Å²) >= 11 is 1.61. The fraction of sp³-hybridized carbons (Fsp3) is 0.167. The molecule has 1 aliphatic heterocycles. The smallest absolute Gasteiger partial charge is 0.236 e. The number of nitrogens with zero attached hydrogens (tertiary/aromatic N) is 4. The highest BCUT2D eigenvalue weighted by Crippen LogP contribution is 2.30. The van der Waals surface area contributed by atoms with E-state index in [2.05, 4.69) is 4.90 Å². The molecule has 0 amide bonds. The van der Waals surface area contributed by atoms with Crippen molar-refractivity contribution >= 4 is 44.2 Å². The maximum Gasteiger partial charge on any atom is 0.236 e. The van der Waals surface area contributed by atoms with Crippen molar-refractivity contribution in [2.75, 3.05) is 31.1 Å². The molecular formula is C24H22N4O2S2. The molecule has 8 heteroatoms.